The zero-order valence-electron chi connectivity index (χ0n) is 15.6. The van der Waals surface area contributed by atoms with Crippen molar-refractivity contribution in [2.75, 3.05) is 19.6 Å². The Balaban J connectivity index is 0.00000261. The van der Waals surface area contributed by atoms with E-state index in [1.165, 1.54) is 6.92 Å². The highest BCUT2D eigenvalue weighted by Crippen LogP contribution is 2.24. The summed E-state index contributed by atoms with van der Waals surface area (Å²) in [5, 5.41) is 6.24. The Bertz CT molecular complexity index is 764. The van der Waals surface area contributed by atoms with Crippen LogP contribution in [0.4, 0.5) is 0 Å². The highest BCUT2D eigenvalue weighted by molar-refractivity contribution is 5.85. The van der Waals surface area contributed by atoms with E-state index in [-0.39, 0.29) is 42.7 Å². The second-order valence-electron chi connectivity index (χ2n) is 6.57. The topological polar surface area (TPSA) is 79.3 Å². The van der Waals surface area contributed by atoms with Crippen LogP contribution in [0, 0.1) is 0 Å². The molecule has 0 saturated carbocycles. The van der Waals surface area contributed by atoms with E-state index in [1.807, 2.05) is 53.0 Å². The van der Waals surface area contributed by atoms with Crippen molar-refractivity contribution < 1.29 is 9.59 Å². The Kier molecular flexibility index (Phi) is 7.38. The number of nitrogens with zero attached hydrogens (tertiary/aromatic N) is 3. The molecule has 2 aromatic rings. The van der Waals surface area contributed by atoms with E-state index >= 15 is 0 Å². The lowest BCUT2D eigenvalue weighted by atomic mass is 10.0. The smallest absolute Gasteiger partial charge is 0.225 e. The van der Waals surface area contributed by atoms with Gasteiger partial charge in [-0.15, -0.1) is 12.4 Å². The Morgan fingerprint density at radius 1 is 1.33 bits per heavy atom. The fourth-order valence-corrected chi connectivity index (χ4v) is 3.41. The molecule has 8 heteroatoms. The number of piperazine rings is 1. The Hall–Kier alpha value is -2.38. The van der Waals surface area contributed by atoms with Crippen molar-refractivity contribution in [1.29, 1.82) is 0 Å². The Morgan fingerprint density at radius 2 is 2.07 bits per heavy atom. The first-order valence-corrected chi connectivity index (χ1v) is 8.85. The number of imidazole rings is 1. The minimum absolute atomic E-state index is 0. The molecule has 0 spiro atoms. The number of carbonyl (C=O) groups excluding carboxylic acids is 2. The van der Waals surface area contributed by atoms with Crippen LogP contribution in [-0.4, -0.2) is 45.9 Å². The van der Waals surface area contributed by atoms with Crippen molar-refractivity contribution in [3.8, 4) is 0 Å². The van der Waals surface area contributed by atoms with Crippen LogP contribution in [0.25, 0.3) is 0 Å². The number of aromatic nitrogens is 2. The molecule has 7 nitrogen and oxygen atoms in total. The van der Waals surface area contributed by atoms with Gasteiger partial charge in [0.1, 0.15) is 11.9 Å². The first kappa shape index (κ1) is 20.9. The van der Waals surface area contributed by atoms with Gasteiger partial charge in [-0.25, -0.2) is 4.98 Å². The lowest BCUT2D eigenvalue weighted by Gasteiger charge is -2.36. The molecular formula is C19H26ClN5O2. The summed E-state index contributed by atoms with van der Waals surface area (Å²) in [6, 6.07) is 9.17. The number of nitrogens with one attached hydrogen (secondary N) is 2. The van der Waals surface area contributed by atoms with Crippen molar-refractivity contribution in [2.45, 2.75) is 25.4 Å². The molecule has 3 rings (SSSR count). The molecule has 146 valence electrons. The van der Waals surface area contributed by atoms with Gasteiger partial charge in [0.15, 0.2) is 0 Å². The molecule has 1 aliphatic heterocycles. The molecule has 0 aliphatic carbocycles. The van der Waals surface area contributed by atoms with Crippen LogP contribution in [0.2, 0.25) is 0 Å². The minimum Gasteiger partial charge on any atom is -0.349 e. The van der Waals surface area contributed by atoms with Gasteiger partial charge in [-0.2, -0.15) is 0 Å². The van der Waals surface area contributed by atoms with Crippen molar-refractivity contribution in [2.24, 2.45) is 7.05 Å². The molecule has 1 aromatic carbocycles. The molecule has 2 amide bonds. The summed E-state index contributed by atoms with van der Waals surface area (Å²) in [6.45, 7) is 3.52. The summed E-state index contributed by atoms with van der Waals surface area (Å²) < 4.78 is 1.94. The number of amides is 2. The molecule has 1 fully saturated rings. The van der Waals surface area contributed by atoms with E-state index in [1.54, 1.807) is 6.20 Å². The first-order valence-electron chi connectivity index (χ1n) is 8.85. The molecule has 0 radical (unpaired) electrons. The molecule has 1 aliphatic rings. The van der Waals surface area contributed by atoms with Crippen LogP contribution in [0.3, 0.4) is 0 Å². The molecule has 2 N–H and O–H groups in total. The van der Waals surface area contributed by atoms with E-state index in [4.69, 9.17) is 0 Å². The second-order valence-corrected chi connectivity index (χ2v) is 6.57. The van der Waals surface area contributed by atoms with Crippen molar-refractivity contribution in [1.82, 2.24) is 25.1 Å². The summed E-state index contributed by atoms with van der Waals surface area (Å²) in [5.74, 6) is 0.732. The van der Waals surface area contributed by atoms with Crippen LogP contribution >= 0.6 is 12.4 Å². The fourth-order valence-electron chi connectivity index (χ4n) is 3.41. The maximum Gasteiger partial charge on any atom is 0.225 e. The van der Waals surface area contributed by atoms with E-state index in [9.17, 15) is 9.59 Å². The molecule has 2 unspecified atom stereocenters. The lowest BCUT2D eigenvalue weighted by molar-refractivity contribution is -0.135. The van der Waals surface area contributed by atoms with Crippen molar-refractivity contribution >= 4 is 24.2 Å². The van der Waals surface area contributed by atoms with Crippen LogP contribution in [0.15, 0.2) is 42.7 Å². The van der Waals surface area contributed by atoms with Gasteiger partial charge < -0.3 is 20.1 Å². The van der Waals surface area contributed by atoms with E-state index < -0.39 is 0 Å². The molecule has 0 bridgehead atoms. The van der Waals surface area contributed by atoms with E-state index in [2.05, 4.69) is 15.6 Å². The summed E-state index contributed by atoms with van der Waals surface area (Å²) in [6.07, 6.45) is 3.86. The average molecular weight is 392 g/mol. The summed E-state index contributed by atoms with van der Waals surface area (Å²) in [5.41, 5.74) is 0.930. The molecule has 27 heavy (non-hydrogen) atoms. The third-order valence-corrected chi connectivity index (χ3v) is 4.68. The standard InChI is InChI=1S/C19H25N5O2.ClH/c1-14(25)22-16(15-6-4-3-5-7-15)12-18(26)24-11-8-20-13-17(24)19-21-9-10-23(19)2;/h3-7,9-10,16-17,20H,8,11-13H2,1-2H3,(H,22,25);1H. The largest absolute Gasteiger partial charge is 0.349 e. The van der Waals surface area contributed by atoms with Gasteiger partial charge in [0.2, 0.25) is 11.8 Å². The van der Waals surface area contributed by atoms with E-state index in [0.29, 0.717) is 13.1 Å². The van der Waals surface area contributed by atoms with Crippen LogP contribution in [-0.2, 0) is 16.6 Å². The van der Waals surface area contributed by atoms with Gasteiger partial charge in [0.25, 0.3) is 0 Å². The maximum atomic E-state index is 13.1. The number of rotatable bonds is 5. The summed E-state index contributed by atoms with van der Waals surface area (Å²) >= 11 is 0. The predicted molar refractivity (Wildman–Crippen MR) is 105 cm³/mol. The highest BCUT2D eigenvalue weighted by atomic mass is 35.5. The van der Waals surface area contributed by atoms with Gasteiger partial charge in [-0.3, -0.25) is 9.59 Å². The number of hydrogen-bond acceptors (Lipinski definition) is 4. The van der Waals surface area contributed by atoms with Crippen molar-refractivity contribution in [3.63, 3.8) is 0 Å². The minimum atomic E-state index is -0.335. The summed E-state index contributed by atoms with van der Waals surface area (Å²) in [4.78, 5) is 31.0. The first-order chi connectivity index (χ1) is 12.6. The number of halogens is 1. The Labute approximate surface area is 165 Å². The van der Waals surface area contributed by atoms with E-state index in [0.717, 1.165) is 17.9 Å². The fraction of sp³-hybridized carbons (Fsp3) is 0.421. The van der Waals surface area contributed by atoms with Crippen LogP contribution in [0.1, 0.15) is 36.8 Å². The zero-order chi connectivity index (χ0) is 18.5. The normalized spacial score (nSPS) is 17.7. The monoisotopic (exact) mass is 391 g/mol. The van der Waals surface area contributed by atoms with Crippen molar-refractivity contribution in [3.05, 3.63) is 54.1 Å². The van der Waals surface area contributed by atoms with Gasteiger partial charge in [-0.1, -0.05) is 30.3 Å². The average Bonchev–Trinajstić information content (AvgIpc) is 3.07. The number of hydrogen-bond donors (Lipinski definition) is 2. The van der Waals surface area contributed by atoms with Gasteiger partial charge >= 0.3 is 0 Å². The molecular weight excluding hydrogens is 366 g/mol. The highest BCUT2D eigenvalue weighted by Gasteiger charge is 2.31. The second kappa shape index (κ2) is 9.53. The molecule has 1 saturated heterocycles. The number of aryl methyl sites for hydroxylation is 1. The predicted octanol–water partition coefficient (Wildman–Crippen LogP) is 1.58. The number of carbonyl (C=O) groups is 2. The third-order valence-electron chi connectivity index (χ3n) is 4.68. The van der Waals surface area contributed by atoms with Gasteiger partial charge in [-0.05, 0) is 5.56 Å². The Morgan fingerprint density at radius 3 is 2.70 bits per heavy atom. The lowest BCUT2D eigenvalue weighted by Crippen LogP contribution is -2.50. The third kappa shape index (κ3) is 5.08. The van der Waals surface area contributed by atoms with Crippen LogP contribution in [0.5, 0.6) is 0 Å². The quantitative estimate of drug-likeness (QED) is 0.811. The molecule has 2 atom stereocenters. The molecule has 2 heterocycles. The van der Waals surface area contributed by atoms with Gasteiger partial charge in [0, 0.05) is 46.0 Å². The number of benzene rings is 1. The van der Waals surface area contributed by atoms with Gasteiger partial charge in [0.05, 0.1) is 12.5 Å². The SMILES string of the molecule is CC(=O)NC(CC(=O)N1CCNCC1c1nccn1C)c1ccccc1.Cl. The van der Waals surface area contributed by atoms with Crippen LogP contribution < -0.4 is 10.6 Å². The maximum absolute atomic E-state index is 13.1. The zero-order valence-corrected chi connectivity index (χ0v) is 16.4. The summed E-state index contributed by atoms with van der Waals surface area (Å²) in [7, 11) is 1.93. The molecule has 1 aromatic heterocycles.